The zero-order valence-electron chi connectivity index (χ0n) is 13.2. The standard InChI is InChI=1S/C16H22Cl2N2OS2/c1-23-15(22)19-10-16(8-3-2-4-9-16)11-21-20-13-7-5-6-12(17)14(13)18/h5-7,20H,2-4,8-11H2,1H3,(H,19,22). The number of thiocarbonyl (C=S) groups is 1. The summed E-state index contributed by atoms with van der Waals surface area (Å²) in [5.74, 6) is 0. The Labute approximate surface area is 157 Å². The van der Waals surface area contributed by atoms with Crippen LogP contribution in [-0.4, -0.2) is 23.7 Å². The van der Waals surface area contributed by atoms with Crippen molar-refractivity contribution in [1.82, 2.24) is 5.32 Å². The van der Waals surface area contributed by atoms with Gasteiger partial charge >= 0.3 is 0 Å². The van der Waals surface area contributed by atoms with Crippen molar-refractivity contribution in [3.8, 4) is 0 Å². The SMILES string of the molecule is CSC(=S)NCC1(CONc2cccc(Cl)c2Cl)CCCCC1. The van der Waals surface area contributed by atoms with Gasteiger partial charge < -0.3 is 5.32 Å². The number of hydrogen-bond acceptors (Lipinski definition) is 4. The number of hydrogen-bond donors (Lipinski definition) is 2. The van der Waals surface area contributed by atoms with Crippen LogP contribution in [-0.2, 0) is 4.84 Å². The minimum Gasteiger partial charge on any atom is -0.370 e. The Morgan fingerprint density at radius 3 is 2.74 bits per heavy atom. The molecule has 0 aromatic heterocycles. The average Bonchev–Trinajstić information content (AvgIpc) is 2.57. The third-order valence-corrected chi connectivity index (χ3v) is 6.20. The number of halogens is 2. The van der Waals surface area contributed by atoms with Crippen molar-refractivity contribution >= 4 is 57.2 Å². The van der Waals surface area contributed by atoms with Crippen molar-refractivity contribution in [2.75, 3.05) is 24.9 Å². The van der Waals surface area contributed by atoms with E-state index in [0.29, 0.717) is 22.3 Å². The lowest BCUT2D eigenvalue weighted by Crippen LogP contribution is -2.41. The van der Waals surface area contributed by atoms with Gasteiger partial charge in [-0.1, -0.05) is 60.7 Å². The molecule has 0 saturated heterocycles. The first kappa shape index (κ1) is 19.1. The van der Waals surface area contributed by atoms with Crippen LogP contribution in [0.25, 0.3) is 0 Å². The van der Waals surface area contributed by atoms with Crippen LogP contribution in [0.3, 0.4) is 0 Å². The smallest absolute Gasteiger partial charge is 0.133 e. The molecule has 0 radical (unpaired) electrons. The van der Waals surface area contributed by atoms with Gasteiger partial charge in [-0.25, -0.2) is 0 Å². The van der Waals surface area contributed by atoms with Crippen molar-refractivity contribution < 1.29 is 4.84 Å². The Morgan fingerprint density at radius 2 is 2.04 bits per heavy atom. The van der Waals surface area contributed by atoms with Crippen LogP contribution >= 0.6 is 47.2 Å². The van der Waals surface area contributed by atoms with Crippen LogP contribution < -0.4 is 10.8 Å². The molecular weight excluding hydrogens is 371 g/mol. The lowest BCUT2D eigenvalue weighted by atomic mass is 9.74. The molecule has 1 aliphatic carbocycles. The molecule has 2 N–H and O–H groups in total. The van der Waals surface area contributed by atoms with Crippen molar-refractivity contribution in [3.63, 3.8) is 0 Å². The van der Waals surface area contributed by atoms with Crippen LogP contribution in [0, 0.1) is 5.41 Å². The summed E-state index contributed by atoms with van der Waals surface area (Å²) >= 11 is 19.0. The first-order chi connectivity index (χ1) is 11.1. The van der Waals surface area contributed by atoms with Crippen LogP contribution in [0.4, 0.5) is 5.69 Å². The molecule has 23 heavy (non-hydrogen) atoms. The van der Waals surface area contributed by atoms with Gasteiger partial charge in [-0.3, -0.25) is 10.3 Å². The van der Waals surface area contributed by atoms with Crippen LogP contribution in [0.5, 0.6) is 0 Å². The predicted octanol–water partition coefficient (Wildman–Crippen LogP) is 5.52. The summed E-state index contributed by atoms with van der Waals surface area (Å²) in [6, 6.07) is 5.45. The van der Waals surface area contributed by atoms with E-state index in [1.807, 2.05) is 18.4 Å². The zero-order chi connectivity index (χ0) is 16.7. The Hall–Kier alpha value is -0.200. The number of rotatable bonds is 6. The third kappa shape index (κ3) is 5.68. The molecule has 0 amide bonds. The first-order valence-electron chi connectivity index (χ1n) is 7.70. The summed E-state index contributed by atoms with van der Waals surface area (Å²) in [4.78, 5) is 5.78. The van der Waals surface area contributed by atoms with E-state index in [1.165, 1.54) is 19.3 Å². The lowest BCUT2D eigenvalue weighted by molar-refractivity contribution is 0.0506. The van der Waals surface area contributed by atoms with Crippen molar-refractivity contribution in [2.24, 2.45) is 5.41 Å². The summed E-state index contributed by atoms with van der Waals surface area (Å²) in [6.45, 7) is 1.46. The van der Waals surface area contributed by atoms with E-state index in [-0.39, 0.29) is 5.41 Å². The van der Waals surface area contributed by atoms with Gasteiger partial charge in [0, 0.05) is 12.0 Å². The maximum absolute atomic E-state index is 6.16. The molecule has 2 rings (SSSR count). The van der Waals surface area contributed by atoms with Crippen molar-refractivity contribution in [1.29, 1.82) is 0 Å². The summed E-state index contributed by atoms with van der Waals surface area (Å²) in [6.07, 6.45) is 8.03. The Morgan fingerprint density at radius 1 is 1.30 bits per heavy atom. The molecule has 0 aliphatic heterocycles. The van der Waals surface area contributed by atoms with Gasteiger partial charge in [-0.2, -0.15) is 0 Å². The fourth-order valence-corrected chi connectivity index (χ4v) is 3.48. The molecule has 7 heteroatoms. The van der Waals surface area contributed by atoms with Gasteiger partial charge in [0.25, 0.3) is 0 Å². The highest BCUT2D eigenvalue weighted by Gasteiger charge is 2.32. The molecule has 1 aliphatic rings. The first-order valence-corrected chi connectivity index (χ1v) is 10.1. The molecule has 1 aromatic rings. The van der Waals surface area contributed by atoms with Crippen LogP contribution in [0.2, 0.25) is 10.0 Å². The van der Waals surface area contributed by atoms with E-state index in [9.17, 15) is 0 Å². The van der Waals surface area contributed by atoms with Crippen LogP contribution in [0.15, 0.2) is 18.2 Å². The second-order valence-electron chi connectivity index (χ2n) is 5.90. The monoisotopic (exact) mass is 392 g/mol. The van der Waals surface area contributed by atoms with Gasteiger partial charge in [-0.15, -0.1) is 11.8 Å². The second kappa shape index (κ2) is 9.33. The van der Waals surface area contributed by atoms with E-state index in [2.05, 4.69) is 10.8 Å². The van der Waals surface area contributed by atoms with Gasteiger partial charge in [0.05, 0.1) is 22.3 Å². The fraction of sp³-hybridized carbons (Fsp3) is 0.562. The van der Waals surface area contributed by atoms with Crippen molar-refractivity contribution in [3.05, 3.63) is 28.2 Å². The molecule has 1 fully saturated rings. The molecule has 1 saturated carbocycles. The highest BCUT2D eigenvalue weighted by atomic mass is 35.5. The minimum atomic E-state index is 0.107. The Kier molecular flexibility index (Phi) is 7.76. The molecular formula is C16H22Cl2N2OS2. The van der Waals surface area contributed by atoms with Gasteiger partial charge in [0.1, 0.15) is 4.32 Å². The van der Waals surface area contributed by atoms with E-state index in [0.717, 1.165) is 23.7 Å². The van der Waals surface area contributed by atoms with Gasteiger partial charge in [0.15, 0.2) is 0 Å². The largest absolute Gasteiger partial charge is 0.370 e. The molecule has 128 valence electrons. The average molecular weight is 393 g/mol. The van der Waals surface area contributed by atoms with E-state index in [1.54, 1.807) is 17.8 Å². The highest BCUT2D eigenvalue weighted by molar-refractivity contribution is 8.22. The lowest BCUT2D eigenvalue weighted by Gasteiger charge is -2.37. The topological polar surface area (TPSA) is 33.3 Å². The summed E-state index contributed by atoms with van der Waals surface area (Å²) < 4.78 is 0.834. The number of thioether (sulfide) groups is 1. The quantitative estimate of drug-likeness (QED) is 0.491. The number of nitrogens with one attached hydrogen (secondary N) is 2. The molecule has 0 atom stereocenters. The normalized spacial score (nSPS) is 16.8. The molecule has 0 spiro atoms. The summed E-state index contributed by atoms with van der Waals surface area (Å²) in [5.41, 5.74) is 3.74. The Balaban J connectivity index is 1.92. The Bertz CT molecular complexity index is 537. The van der Waals surface area contributed by atoms with E-state index in [4.69, 9.17) is 40.3 Å². The molecule has 1 aromatic carbocycles. The number of benzene rings is 1. The van der Waals surface area contributed by atoms with Crippen molar-refractivity contribution in [2.45, 2.75) is 32.1 Å². The van der Waals surface area contributed by atoms with Gasteiger partial charge in [0.2, 0.25) is 0 Å². The maximum atomic E-state index is 6.16. The fourth-order valence-electron chi connectivity index (χ4n) is 2.86. The third-order valence-electron chi connectivity index (χ3n) is 4.22. The second-order valence-corrected chi connectivity index (χ2v) is 8.17. The molecule has 0 bridgehead atoms. The van der Waals surface area contributed by atoms with E-state index < -0.39 is 0 Å². The maximum Gasteiger partial charge on any atom is 0.133 e. The summed E-state index contributed by atoms with van der Waals surface area (Å²) in [7, 11) is 0. The highest BCUT2D eigenvalue weighted by Crippen LogP contribution is 2.37. The zero-order valence-corrected chi connectivity index (χ0v) is 16.3. The van der Waals surface area contributed by atoms with E-state index >= 15 is 0 Å². The minimum absolute atomic E-state index is 0.107. The number of anilines is 1. The predicted molar refractivity (Wildman–Crippen MR) is 106 cm³/mol. The molecule has 3 nitrogen and oxygen atoms in total. The van der Waals surface area contributed by atoms with Crippen LogP contribution in [0.1, 0.15) is 32.1 Å². The molecule has 0 unspecified atom stereocenters. The summed E-state index contributed by atoms with van der Waals surface area (Å²) in [5, 5.41) is 4.35. The van der Waals surface area contributed by atoms with Gasteiger partial charge in [-0.05, 0) is 31.2 Å². The molecule has 0 heterocycles.